The summed E-state index contributed by atoms with van der Waals surface area (Å²) < 4.78 is 16.0. The van der Waals surface area contributed by atoms with Gasteiger partial charge in [0.15, 0.2) is 6.10 Å². The van der Waals surface area contributed by atoms with Gasteiger partial charge in [0.05, 0.1) is 7.11 Å². The first kappa shape index (κ1) is 12.5. The molecular weight excluding hydrogens is 244 g/mol. The number of methoxy groups -OCH3 is 1. The maximum Gasteiger partial charge on any atom is 0.338 e. The minimum absolute atomic E-state index is 0.120. The fraction of sp³-hybridized carbons (Fsp3) is 0.533. The molecule has 1 heterocycles. The SMILES string of the molecule is COc1ccc(C2OC2C(=O)OC2CCC2)cc1C. The molecule has 0 aromatic heterocycles. The molecule has 3 rings (SSSR count). The van der Waals surface area contributed by atoms with Crippen LogP contribution in [0.4, 0.5) is 0 Å². The van der Waals surface area contributed by atoms with Crippen LogP contribution in [0, 0.1) is 6.92 Å². The Morgan fingerprint density at radius 1 is 1.37 bits per heavy atom. The van der Waals surface area contributed by atoms with E-state index in [4.69, 9.17) is 14.2 Å². The summed E-state index contributed by atoms with van der Waals surface area (Å²) in [4.78, 5) is 11.8. The Labute approximate surface area is 112 Å². The van der Waals surface area contributed by atoms with Gasteiger partial charge in [0.25, 0.3) is 0 Å². The minimum atomic E-state index is -0.423. The Bertz CT molecular complexity index is 493. The maximum atomic E-state index is 11.8. The summed E-state index contributed by atoms with van der Waals surface area (Å²) in [6.45, 7) is 1.98. The number of hydrogen-bond donors (Lipinski definition) is 0. The molecule has 102 valence electrons. The number of hydrogen-bond acceptors (Lipinski definition) is 4. The van der Waals surface area contributed by atoms with Crippen molar-refractivity contribution in [2.75, 3.05) is 7.11 Å². The second kappa shape index (κ2) is 4.85. The molecule has 0 amide bonds. The molecule has 0 bridgehead atoms. The van der Waals surface area contributed by atoms with Crippen molar-refractivity contribution in [1.82, 2.24) is 0 Å². The predicted molar refractivity (Wildman–Crippen MR) is 69.1 cm³/mol. The Hall–Kier alpha value is -1.55. The average Bonchev–Trinajstić information content (AvgIpc) is 3.13. The zero-order chi connectivity index (χ0) is 13.4. The molecule has 0 radical (unpaired) electrons. The average molecular weight is 262 g/mol. The van der Waals surface area contributed by atoms with Gasteiger partial charge in [-0.15, -0.1) is 0 Å². The first-order valence-electron chi connectivity index (χ1n) is 6.69. The van der Waals surface area contributed by atoms with Crippen molar-refractivity contribution in [1.29, 1.82) is 0 Å². The lowest BCUT2D eigenvalue weighted by Crippen LogP contribution is -2.27. The number of epoxide rings is 1. The molecule has 19 heavy (non-hydrogen) atoms. The van der Waals surface area contributed by atoms with Crippen LogP contribution in [0.15, 0.2) is 18.2 Å². The fourth-order valence-corrected chi connectivity index (χ4v) is 2.34. The lowest BCUT2D eigenvalue weighted by molar-refractivity contribution is -0.154. The molecule has 0 spiro atoms. The quantitative estimate of drug-likeness (QED) is 0.618. The molecular formula is C15H18O4. The van der Waals surface area contributed by atoms with Gasteiger partial charge in [-0.05, 0) is 49.4 Å². The molecule has 1 aromatic carbocycles. The van der Waals surface area contributed by atoms with Crippen LogP contribution >= 0.6 is 0 Å². The van der Waals surface area contributed by atoms with Gasteiger partial charge in [-0.3, -0.25) is 0 Å². The van der Waals surface area contributed by atoms with Gasteiger partial charge in [0.2, 0.25) is 0 Å². The van der Waals surface area contributed by atoms with E-state index in [0.717, 1.165) is 36.1 Å². The normalized spacial score (nSPS) is 25.6. The van der Waals surface area contributed by atoms with Crippen molar-refractivity contribution in [2.45, 2.75) is 44.5 Å². The van der Waals surface area contributed by atoms with E-state index in [-0.39, 0.29) is 18.2 Å². The Balaban J connectivity index is 1.62. The highest BCUT2D eigenvalue weighted by Crippen LogP contribution is 2.41. The molecule has 4 nitrogen and oxygen atoms in total. The molecule has 2 aliphatic rings. The fourth-order valence-electron chi connectivity index (χ4n) is 2.34. The van der Waals surface area contributed by atoms with Crippen molar-refractivity contribution in [3.8, 4) is 5.75 Å². The van der Waals surface area contributed by atoms with E-state index in [1.54, 1.807) is 7.11 Å². The summed E-state index contributed by atoms with van der Waals surface area (Å²) in [6, 6.07) is 5.84. The summed E-state index contributed by atoms with van der Waals surface area (Å²) in [6.07, 6.45) is 2.68. The monoisotopic (exact) mass is 262 g/mol. The van der Waals surface area contributed by atoms with Gasteiger partial charge in [-0.25, -0.2) is 4.79 Å². The topological polar surface area (TPSA) is 48.1 Å². The number of ether oxygens (including phenoxy) is 3. The second-order valence-corrected chi connectivity index (χ2v) is 5.20. The summed E-state index contributed by atoms with van der Waals surface area (Å²) >= 11 is 0. The van der Waals surface area contributed by atoms with Crippen molar-refractivity contribution in [2.24, 2.45) is 0 Å². The molecule has 0 N–H and O–H groups in total. The number of carbonyl (C=O) groups is 1. The highest BCUT2D eigenvalue weighted by Gasteiger charge is 2.48. The van der Waals surface area contributed by atoms with Crippen LogP contribution in [0.2, 0.25) is 0 Å². The highest BCUT2D eigenvalue weighted by molar-refractivity contribution is 5.78. The van der Waals surface area contributed by atoms with Crippen LogP contribution in [-0.2, 0) is 14.3 Å². The van der Waals surface area contributed by atoms with Crippen molar-refractivity contribution < 1.29 is 19.0 Å². The molecule has 2 atom stereocenters. The van der Waals surface area contributed by atoms with Crippen LogP contribution in [0.3, 0.4) is 0 Å². The van der Waals surface area contributed by atoms with Gasteiger partial charge >= 0.3 is 5.97 Å². The number of rotatable bonds is 4. The molecule has 1 saturated carbocycles. The smallest absolute Gasteiger partial charge is 0.338 e. The standard InChI is InChI=1S/C15H18O4/c1-9-8-10(6-7-12(9)17-2)13-14(19-13)15(16)18-11-4-3-5-11/h6-8,11,13-14H,3-5H2,1-2H3. The zero-order valence-corrected chi connectivity index (χ0v) is 11.2. The first-order valence-corrected chi connectivity index (χ1v) is 6.69. The van der Waals surface area contributed by atoms with Gasteiger partial charge in [-0.1, -0.05) is 6.07 Å². The minimum Gasteiger partial charge on any atom is -0.496 e. The molecule has 2 fully saturated rings. The van der Waals surface area contributed by atoms with E-state index < -0.39 is 6.10 Å². The molecule has 1 aliphatic carbocycles. The third-order valence-electron chi connectivity index (χ3n) is 3.81. The van der Waals surface area contributed by atoms with Crippen LogP contribution < -0.4 is 4.74 Å². The Morgan fingerprint density at radius 3 is 2.74 bits per heavy atom. The summed E-state index contributed by atoms with van der Waals surface area (Å²) in [7, 11) is 1.65. The van der Waals surface area contributed by atoms with Crippen LogP contribution in [-0.4, -0.2) is 25.3 Å². The van der Waals surface area contributed by atoms with Crippen molar-refractivity contribution in [3.05, 3.63) is 29.3 Å². The number of esters is 1. The number of benzene rings is 1. The summed E-state index contributed by atoms with van der Waals surface area (Å²) in [5.41, 5.74) is 2.05. The van der Waals surface area contributed by atoms with Gasteiger partial charge < -0.3 is 14.2 Å². The molecule has 1 saturated heterocycles. The van der Waals surface area contributed by atoms with Crippen molar-refractivity contribution >= 4 is 5.97 Å². The van der Waals surface area contributed by atoms with Gasteiger partial charge in [0.1, 0.15) is 18.0 Å². The number of aryl methyl sites for hydroxylation is 1. The van der Waals surface area contributed by atoms with E-state index in [0.29, 0.717) is 0 Å². The maximum absolute atomic E-state index is 11.8. The van der Waals surface area contributed by atoms with E-state index >= 15 is 0 Å². The predicted octanol–water partition coefficient (Wildman–Crippen LogP) is 2.54. The zero-order valence-electron chi connectivity index (χ0n) is 11.2. The van der Waals surface area contributed by atoms with E-state index in [1.165, 1.54) is 0 Å². The number of carbonyl (C=O) groups excluding carboxylic acids is 1. The first-order chi connectivity index (χ1) is 9.19. The van der Waals surface area contributed by atoms with Crippen LogP contribution in [0.5, 0.6) is 5.75 Å². The molecule has 2 unspecified atom stereocenters. The van der Waals surface area contributed by atoms with Gasteiger partial charge in [0, 0.05) is 0 Å². The Kier molecular flexibility index (Phi) is 3.19. The molecule has 4 heteroatoms. The van der Waals surface area contributed by atoms with E-state index in [1.807, 2.05) is 25.1 Å². The highest BCUT2D eigenvalue weighted by atomic mass is 16.6. The van der Waals surface area contributed by atoms with E-state index in [2.05, 4.69) is 0 Å². The third-order valence-corrected chi connectivity index (χ3v) is 3.81. The van der Waals surface area contributed by atoms with Crippen molar-refractivity contribution in [3.63, 3.8) is 0 Å². The van der Waals surface area contributed by atoms with Crippen LogP contribution in [0.1, 0.15) is 36.5 Å². The lowest BCUT2D eigenvalue weighted by Gasteiger charge is -2.24. The third kappa shape index (κ3) is 2.45. The van der Waals surface area contributed by atoms with E-state index in [9.17, 15) is 4.79 Å². The molecule has 1 aromatic rings. The van der Waals surface area contributed by atoms with Crippen LogP contribution in [0.25, 0.3) is 0 Å². The second-order valence-electron chi connectivity index (χ2n) is 5.20. The Morgan fingerprint density at radius 2 is 2.16 bits per heavy atom. The van der Waals surface area contributed by atoms with Gasteiger partial charge in [-0.2, -0.15) is 0 Å². The lowest BCUT2D eigenvalue weighted by atomic mass is 9.96. The summed E-state index contributed by atoms with van der Waals surface area (Å²) in [5, 5.41) is 0. The summed E-state index contributed by atoms with van der Waals surface area (Å²) in [5.74, 6) is 0.626. The largest absolute Gasteiger partial charge is 0.496 e. The molecule has 1 aliphatic heterocycles.